The summed E-state index contributed by atoms with van der Waals surface area (Å²) in [5.41, 5.74) is 2.34. The summed E-state index contributed by atoms with van der Waals surface area (Å²) in [5.74, 6) is 0.843. The van der Waals surface area contributed by atoms with E-state index >= 15 is 0 Å². The highest BCUT2D eigenvalue weighted by atomic mass is 35.5. The molecule has 0 saturated heterocycles. The number of ether oxygens (including phenoxy) is 1. The van der Waals surface area contributed by atoms with Gasteiger partial charge in [-0.3, -0.25) is 0 Å². The Labute approximate surface area is 101 Å². The summed E-state index contributed by atoms with van der Waals surface area (Å²) in [6, 6.07) is 16.0. The summed E-state index contributed by atoms with van der Waals surface area (Å²) >= 11 is 6.15. The molecule has 0 saturated carbocycles. The van der Waals surface area contributed by atoms with Crippen molar-refractivity contribution in [1.82, 2.24) is 0 Å². The fourth-order valence-electron chi connectivity index (χ4n) is 1.63. The molecule has 2 aromatic rings. The summed E-state index contributed by atoms with van der Waals surface area (Å²) in [4.78, 5) is 0. The standard InChI is InChI=1S/C14H13ClO/c1-16-13-7-8-14(15)12(10-13)9-11-5-3-2-4-6-11/h2-8,10H,9H2,1H3. The third kappa shape index (κ3) is 2.56. The summed E-state index contributed by atoms with van der Waals surface area (Å²) in [6.45, 7) is 0. The molecule has 0 amide bonds. The molecule has 82 valence electrons. The van der Waals surface area contributed by atoms with Crippen LogP contribution in [0.5, 0.6) is 5.75 Å². The van der Waals surface area contributed by atoms with Crippen LogP contribution in [-0.2, 0) is 6.42 Å². The predicted octanol–water partition coefficient (Wildman–Crippen LogP) is 3.94. The van der Waals surface area contributed by atoms with Crippen LogP contribution in [0, 0.1) is 0 Å². The van der Waals surface area contributed by atoms with Gasteiger partial charge in [-0.25, -0.2) is 0 Å². The van der Waals surface area contributed by atoms with Crippen molar-refractivity contribution >= 4 is 11.6 Å². The molecule has 1 nitrogen and oxygen atoms in total. The van der Waals surface area contributed by atoms with Crippen molar-refractivity contribution < 1.29 is 4.74 Å². The van der Waals surface area contributed by atoms with Crippen molar-refractivity contribution in [2.75, 3.05) is 7.11 Å². The van der Waals surface area contributed by atoms with Gasteiger partial charge in [0.2, 0.25) is 0 Å². The zero-order valence-electron chi connectivity index (χ0n) is 9.11. The highest BCUT2D eigenvalue weighted by Crippen LogP contribution is 2.24. The molecule has 2 rings (SSSR count). The van der Waals surface area contributed by atoms with Gasteiger partial charge in [-0.05, 0) is 35.7 Å². The maximum atomic E-state index is 6.15. The number of methoxy groups -OCH3 is 1. The highest BCUT2D eigenvalue weighted by Gasteiger charge is 2.03. The maximum Gasteiger partial charge on any atom is 0.119 e. The van der Waals surface area contributed by atoms with Gasteiger partial charge in [-0.15, -0.1) is 0 Å². The minimum Gasteiger partial charge on any atom is -0.497 e. The van der Waals surface area contributed by atoms with Crippen LogP contribution >= 0.6 is 11.6 Å². The second-order valence-corrected chi connectivity index (χ2v) is 4.03. The normalized spacial score (nSPS) is 10.1. The Bertz CT molecular complexity index is 465. The molecule has 0 bridgehead atoms. The molecule has 0 radical (unpaired) electrons. The van der Waals surface area contributed by atoms with E-state index in [2.05, 4.69) is 12.1 Å². The first-order valence-corrected chi connectivity index (χ1v) is 5.54. The molecule has 0 spiro atoms. The van der Waals surface area contributed by atoms with Crippen LogP contribution in [0.4, 0.5) is 0 Å². The lowest BCUT2D eigenvalue weighted by Gasteiger charge is -2.07. The first kappa shape index (κ1) is 11.0. The van der Waals surface area contributed by atoms with Crippen LogP contribution in [-0.4, -0.2) is 7.11 Å². The molecule has 0 heterocycles. The summed E-state index contributed by atoms with van der Waals surface area (Å²) < 4.78 is 5.19. The summed E-state index contributed by atoms with van der Waals surface area (Å²) in [7, 11) is 1.66. The molecule has 0 unspecified atom stereocenters. The molecule has 0 aliphatic rings. The minimum atomic E-state index is 0.782. The van der Waals surface area contributed by atoms with E-state index in [9.17, 15) is 0 Å². The van der Waals surface area contributed by atoms with Crippen LogP contribution in [0.25, 0.3) is 0 Å². The third-order valence-electron chi connectivity index (χ3n) is 2.49. The van der Waals surface area contributed by atoms with Gasteiger partial charge in [-0.2, -0.15) is 0 Å². The van der Waals surface area contributed by atoms with Gasteiger partial charge in [-0.1, -0.05) is 41.9 Å². The molecule has 0 N–H and O–H groups in total. The molecule has 16 heavy (non-hydrogen) atoms. The second kappa shape index (κ2) is 5.04. The third-order valence-corrected chi connectivity index (χ3v) is 2.86. The lowest BCUT2D eigenvalue weighted by Crippen LogP contribution is -1.91. The Morgan fingerprint density at radius 3 is 2.50 bits per heavy atom. The molecule has 0 aliphatic heterocycles. The van der Waals surface area contributed by atoms with E-state index in [1.165, 1.54) is 5.56 Å². The Morgan fingerprint density at radius 2 is 1.81 bits per heavy atom. The van der Waals surface area contributed by atoms with Crippen molar-refractivity contribution in [2.45, 2.75) is 6.42 Å². The van der Waals surface area contributed by atoms with E-state index in [0.29, 0.717) is 0 Å². The fraction of sp³-hybridized carbons (Fsp3) is 0.143. The number of hydrogen-bond donors (Lipinski definition) is 0. The van der Waals surface area contributed by atoms with Gasteiger partial charge in [0.1, 0.15) is 5.75 Å². The highest BCUT2D eigenvalue weighted by molar-refractivity contribution is 6.31. The largest absolute Gasteiger partial charge is 0.497 e. The topological polar surface area (TPSA) is 9.23 Å². The molecule has 2 heteroatoms. The molecule has 2 aromatic carbocycles. The molecule has 0 aromatic heterocycles. The minimum absolute atomic E-state index is 0.782. The van der Waals surface area contributed by atoms with Crippen molar-refractivity contribution in [3.8, 4) is 5.75 Å². The Morgan fingerprint density at radius 1 is 1.06 bits per heavy atom. The molecular formula is C14H13ClO. The van der Waals surface area contributed by atoms with Crippen LogP contribution in [0.2, 0.25) is 5.02 Å². The number of halogens is 1. The summed E-state index contributed by atoms with van der Waals surface area (Å²) in [5, 5.41) is 0.782. The van der Waals surface area contributed by atoms with Gasteiger partial charge in [0.25, 0.3) is 0 Å². The average Bonchev–Trinajstić information content (AvgIpc) is 2.33. The Kier molecular flexibility index (Phi) is 3.47. The molecule has 0 aliphatic carbocycles. The number of hydrogen-bond acceptors (Lipinski definition) is 1. The Hall–Kier alpha value is -1.47. The maximum absolute atomic E-state index is 6.15. The zero-order valence-corrected chi connectivity index (χ0v) is 9.87. The van der Waals surface area contributed by atoms with Crippen LogP contribution < -0.4 is 4.74 Å². The van der Waals surface area contributed by atoms with E-state index in [-0.39, 0.29) is 0 Å². The lowest BCUT2D eigenvalue weighted by molar-refractivity contribution is 0.414. The molecule has 0 fully saturated rings. The van der Waals surface area contributed by atoms with Gasteiger partial charge in [0, 0.05) is 5.02 Å². The van der Waals surface area contributed by atoms with Gasteiger partial charge in [0.05, 0.1) is 7.11 Å². The number of rotatable bonds is 3. The van der Waals surface area contributed by atoms with Crippen LogP contribution in [0.1, 0.15) is 11.1 Å². The second-order valence-electron chi connectivity index (χ2n) is 3.62. The van der Waals surface area contributed by atoms with E-state index in [1.54, 1.807) is 7.11 Å². The quantitative estimate of drug-likeness (QED) is 0.779. The van der Waals surface area contributed by atoms with E-state index in [1.807, 2.05) is 36.4 Å². The van der Waals surface area contributed by atoms with Crippen LogP contribution in [0.15, 0.2) is 48.5 Å². The zero-order chi connectivity index (χ0) is 11.4. The van der Waals surface area contributed by atoms with Gasteiger partial charge in [0.15, 0.2) is 0 Å². The van der Waals surface area contributed by atoms with Crippen molar-refractivity contribution in [1.29, 1.82) is 0 Å². The average molecular weight is 233 g/mol. The van der Waals surface area contributed by atoms with Crippen molar-refractivity contribution in [3.05, 3.63) is 64.7 Å². The number of benzene rings is 2. The monoisotopic (exact) mass is 232 g/mol. The molecular weight excluding hydrogens is 220 g/mol. The summed E-state index contributed by atoms with van der Waals surface area (Å²) in [6.07, 6.45) is 0.830. The first-order valence-electron chi connectivity index (χ1n) is 5.16. The van der Waals surface area contributed by atoms with E-state index in [4.69, 9.17) is 16.3 Å². The van der Waals surface area contributed by atoms with E-state index < -0.39 is 0 Å². The van der Waals surface area contributed by atoms with Crippen molar-refractivity contribution in [3.63, 3.8) is 0 Å². The Balaban J connectivity index is 2.27. The SMILES string of the molecule is COc1ccc(Cl)c(Cc2ccccc2)c1. The first-order chi connectivity index (χ1) is 7.79. The van der Waals surface area contributed by atoms with Gasteiger partial charge >= 0.3 is 0 Å². The lowest BCUT2D eigenvalue weighted by atomic mass is 10.0. The smallest absolute Gasteiger partial charge is 0.119 e. The predicted molar refractivity (Wildman–Crippen MR) is 67.3 cm³/mol. The fourth-order valence-corrected chi connectivity index (χ4v) is 1.81. The van der Waals surface area contributed by atoms with E-state index in [0.717, 1.165) is 22.8 Å². The molecule has 0 atom stereocenters. The van der Waals surface area contributed by atoms with Crippen LogP contribution in [0.3, 0.4) is 0 Å². The van der Waals surface area contributed by atoms with Crippen molar-refractivity contribution in [2.24, 2.45) is 0 Å². The van der Waals surface area contributed by atoms with Gasteiger partial charge < -0.3 is 4.74 Å².